The van der Waals surface area contributed by atoms with E-state index in [1.54, 1.807) is 6.92 Å². The predicted octanol–water partition coefficient (Wildman–Crippen LogP) is 3.08. The Bertz CT molecular complexity index is 1110. The molecule has 0 radical (unpaired) electrons. The smallest absolute Gasteiger partial charge is 0.304 e. The minimum atomic E-state index is -4.08. The number of nitrogens with one attached hydrogen (secondary N) is 1. The Kier molecular flexibility index (Phi) is 9.79. The average Bonchev–Trinajstić information content (AvgIpc) is 2.81. The molecule has 2 aromatic rings. The number of nitrogens with zero attached hydrogens (tertiary/aromatic N) is 3. The van der Waals surface area contributed by atoms with Gasteiger partial charge in [0.1, 0.15) is 18.4 Å². The Morgan fingerprint density at radius 3 is 2.09 bits per heavy atom. The number of carbonyl (C=O) groups excluding carboxylic acids is 2. The number of rotatable bonds is 11. The average molecular weight is 507 g/mol. The molecule has 2 amide bonds. The second-order valence-electron chi connectivity index (χ2n) is 8.77. The Labute approximate surface area is 207 Å². The number of benzene rings is 2. The summed E-state index contributed by atoms with van der Waals surface area (Å²) < 4.78 is 41.5. The summed E-state index contributed by atoms with van der Waals surface area (Å²) in [5.74, 6) is -1.42. The first-order valence-electron chi connectivity index (χ1n) is 11.5. The number of anilines is 1. The van der Waals surface area contributed by atoms with E-state index in [4.69, 9.17) is 0 Å². The Hall–Kier alpha value is -2.98. The third-order valence-electron chi connectivity index (χ3n) is 5.78. The summed E-state index contributed by atoms with van der Waals surface area (Å²) in [7, 11) is -1.39. The normalized spacial score (nSPS) is 13.3. The second kappa shape index (κ2) is 12.1. The molecule has 0 spiro atoms. The van der Waals surface area contributed by atoms with Crippen molar-refractivity contribution in [3.05, 3.63) is 65.5 Å². The molecule has 0 aromatic heterocycles. The summed E-state index contributed by atoms with van der Waals surface area (Å²) in [4.78, 5) is 27.9. The Balaban J connectivity index is 2.43. The van der Waals surface area contributed by atoms with Crippen molar-refractivity contribution < 1.29 is 22.4 Å². The predicted molar refractivity (Wildman–Crippen MR) is 135 cm³/mol. The quantitative estimate of drug-likeness (QED) is 0.507. The maximum atomic E-state index is 13.6. The van der Waals surface area contributed by atoms with Crippen LogP contribution in [-0.2, 0) is 26.3 Å². The summed E-state index contributed by atoms with van der Waals surface area (Å²) in [6.45, 7) is 6.94. The van der Waals surface area contributed by atoms with Crippen LogP contribution in [-0.4, -0.2) is 62.2 Å². The lowest BCUT2D eigenvalue weighted by Crippen LogP contribution is -2.53. The van der Waals surface area contributed by atoms with Crippen molar-refractivity contribution in [3.8, 4) is 0 Å². The number of aryl methyl sites for hydroxylation is 1. The lowest BCUT2D eigenvalue weighted by atomic mass is 10.1. The zero-order valence-electron chi connectivity index (χ0n) is 21.2. The molecule has 0 unspecified atom stereocenters. The van der Waals surface area contributed by atoms with Gasteiger partial charge in [-0.3, -0.25) is 9.59 Å². The van der Waals surface area contributed by atoms with Crippen molar-refractivity contribution in [2.75, 3.05) is 24.9 Å². The molecule has 10 heteroatoms. The highest BCUT2D eigenvalue weighted by atomic mass is 32.2. The lowest BCUT2D eigenvalue weighted by molar-refractivity contribution is -0.139. The van der Waals surface area contributed by atoms with Crippen LogP contribution in [0.1, 0.15) is 38.3 Å². The molecule has 35 heavy (non-hydrogen) atoms. The van der Waals surface area contributed by atoms with Gasteiger partial charge in [0.25, 0.3) is 0 Å². The Morgan fingerprint density at radius 2 is 1.57 bits per heavy atom. The summed E-state index contributed by atoms with van der Waals surface area (Å²) in [5.41, 5.74) is 1.99. The van der Waals surface area contributed by atoms with Gasteiger partial charge in [-0.2, -0.15) is 12.7 Å². The summed E-state index contributed by atoms with van der Waals surface area (Å²) in [6, 6.07) is 11.5. The topological polar surface area (TPSA) is 90.0 Å². The molecule has 0 bridgehead atoms. The SMILES string of the molecule is CC[C@@H](C)NC(=O)[C@@H](C)N(Cc1ccc(C)cc1)C(=O)CN(c1ccc(F)cc1)S(=O)(=O)N(C)C. The molecule has 0 fully saturated rings. The summed E-state index contributed by atoms with van der Waals surface area (Å²) in [5, 5.41) is 2.88. The largest absolute Gasteiger partial charge is 0.352 e. The van der Waals surface area contributed by atoms with Gasteiger partial charge < -0.3 is 10.2 Å². The highest BCUT2D eigenvalue weighted by molar-refractivity contribution is 7.90. The molecule has 1 N–H and O–H groups in total. The monoisotopic (exact) mass is 506 g/mol. The van der Waals surface area contributed by atoms with E-state index in [1.165, 1.54) is 31.1 Å². The number of hydrogen-bond acceptors (Lipinski definition) is 4. The van der Waals surface area contributed by atoms with E-state index in [9.17, 15) is 22.4 Å². The van der Waals surface area contributed by atoms with E-state index in [0.717, 1.165) is 38.3 Å². The minimum absolute atomic E-state index is 0.0777. The van der Waals surface area contributed by atoms with Crippen molar-refractivity contribution in [1.29, 1.82) is 0 Å². The van der Waals surface area contributed by atoms with Crippen LogP contribution in [0.15, 0.2) is 48.5 Å². The number of halogens is 1. The first-order chi connectivity index (χ1) is 16.4. The van der Waals surface area contributed by atoms with Crippen LogP contribution in [0.3, 0.4) is 0 Å². The van der Waals surface area contributed by atoms with Crippen molar-refractivity contribution in [3.63, 3.8) is 0 Å². The standard InChI is InChI=1S/C25H35FN4O4S/c1-7-19(3)27-25(32)20(4)29(16-21-10-8-18(2)9-11-21)24(31)17-30(35(33,34)28(5)6)23-14-12-22(26)13-15-23/h8-15,19-20H,7,16-17H2,1-6H3,(H,27,32)/t19-,20-/m1/s1. The van der Waals surface area contributed by atoms with Gasteiger partial charge in [-0.1, -0.05) is 36.8 Å². The second-order valence-corrected chi connectivity index (χ2v) is 10.8. The van der Waals surface area contributed by atoms with E-state index < -0.39 is 34.5 Å². The van der Waals surface area contributed by atoms with Gasteiger partial charge in [0.05, 0.1) is 5.69 Å². The fraction of sp³-hybridized carbons (Fsp3) is 0.440. The van der Waals surface area contributed by atoms with Gasteiger partial charge in [-0.05, 0) is 57.0 Å². The first-order valence-corrected chi connectivity index (χ1v) is 12.9. The van der Waals surface area contributed by atoms with Crippen LogP contribution in [0, 0.1) is 12.7 Å². The van der Waals surface area contributed by atoms with Crippen molar-refractivity contribution in [2.24, 2.45) is 0 Å². The summed E-state index contributed by atoms with van der Waals surface area (Å²) >= 11 is 0. The molecular weight excluding hydrogens is 471 g/mol. The van der Waals surface area contributed by atoms with Gasteiger partial charge in [0.2, 0.25) is 11.8 Å². The zero-order valence-corrected chi connectivity index (χ0v) is 22.0. The van der Waals surface area contributed by atoms with Gasteiger partial charge in [0, 0.05) is 26.7 Å². The highest BCUT2D eigenvalue weighted by Crippen LogP contribution is 2.21. The molecule has 0 aliphatic rings. The molecule has 2 rings (SSSR count). The van der Waals surface area contributed by atoms with Crippen LogP contribution in [0.25, 0.3) is 0 Å². The van der Waals surface area contributed by atoms with Crippen LogP contribution in [0.2, 0.25) is 0 Å². The molecule has 8 nitrogen and oxygen atoms in total. The molecule has 2 atom stereocenters. The fourth-order valence-corrected chi connectivity index (χ4v) is 4.32. The fourth-order valence-electron chi connectivity index (χ4n) is 3.26. The number of hydrogen-bond donors (Lipinski definition) is 1. The van der Waals surface area contributed by atoms with Crippen molar-refractivity contribution >= 4 is 27.7 Å². The molecule has 2 aromatic carbocycles. The summed E-state index contributed by atoms with van der Waals surface area (Å²) in [6.07, 6.45) is 0.726. The van der Waals surface area contributed by atoms with E-state index >= 15 is 0 Å². The van der Waals surface area contributed by atoms with Gasteiger partial charge >= 0.3 is 10.2 Å². The molecule has 192 valence electrons. The Morgan fingerprint density at radius 1 is 1.00 bits per heavy atom. The molecule has 0 saturated carbocycles. The molecule has 0 aliphatic carbocycles. The zero-order chi connectivity index (χ0) is 26.3. The molecule has 0 heterocycles. The third kappa shape index (κ3) is 7.50. The van der Waals surface area contributed by atoms with Crippen molar-refractivity contribution in [2.45, 2.75) is 52.7 Å². The van der Waals surface area contributed by atoms with E-state index in [-0.39, 0.29) is 24.2 Å². The van der Waals surface area contributed by atoms with Gasteiger partial charge in [0.15, 0.2) is 0 Å². The van der Waals surface area contributed by atoms with Crippen LogP contribution >= 0.6 is 0 Å². The maximum absolute atomic E-state index is 13.6. The van der Waals surface area contributed by atoms with Crippen LogP contribution in [0.4, 0.5) is 10.1 Å². The molecule has 0 aliphatic heterocycles. The highest BCUT2D eigenvalue weighted by Gasteiger charge is 2.32. The van der Waals surface area contributed by atoms with E-state index in [0.29, 0.717) is 0 Å². The minimum Gasteiger partial charge on any atom is -0.352 e. The molecular formula is C25H35FN4O4S. The van der Waals surface area contributed by atoms with Crippen LogP contribution < -0.4 is 9.62 Å². The van der Waals surface area contributed by atoms with Gasteiger partial charge in [-0.25, -0.2) is 8.70 Å². The van der Waals surface area contributed by atoms with E-state index in [2.05, 4.69) is 5.32 Å². The molecule has 0 saturated heterocycles. The first kappa shape index (κ1) is 28.3. The van der Waals surface area contributed by atoms with Crippen LogP contribution in [0.5, 0.6) is 0 Å². The maximum Gasteiger partial charge on any atom is 0.304 e. The number of carbonyl (C=O) groups is 2. The van der Waals surface area contributed by atoms with Gasteiger partial charge in [-0.15, -0.1) is 0 Å². The van der Waals surface area contributed by atoms with E-state index in [1.807, 2.05) is 45.0 Å². The third-order valence-corrected chi connectivity index (χ3v) is 7.60. The number of amides is 2. The van der Waals surface area contributed by atoms with Crippen molar-refractivity contribution in [1.82, 2.24) is 14.5 Å². The lowest BCUT2D eigenvalue weighted by Gasteiger charge is -2.33.